The van der Waals surface area contributed by atoms with Crippen molar-refractivity contribution >= 4 is 40.3 Å². The lowest BCUT2D eigenvalue weighted by Crippen LogP contribution is -2.31. The molecule has 3 N–H and O–H groups in total. The number of carboxylic acid groups (broad SMARTS) is 1. The number of nitrogens with zero attached hydrogens (tertiary/aromatic N) is 3. The molecule has 1 aromatic heterocycles. The lowest BCUT2D eigenvalue weighted by Gasteiger charge is -2.07. The Kier molecular flexibility index (Phi) is 5.09. The zero-order valence-corrected chi connectivity index (χ0v) is 12.9. The van der Waals surface area contributed by atoms with Gasteiger partial charge in [-0.05, 0) is 40.8 Å². The highest BCUT2D eigenvalue weighted by Crippen LogP contribution is 2.11. The van der Waals surface area contributed by atoms with Crippen LogP contribution in [0.4, 0.5) is 10.5 Å². The molecule has 1 heterocycles. The molecular weight excluding hydrogens is 389 g/mol. The van der Waals surface area contributed by atoms with Gasteiger partial charge in [-0.3, -0.25) is 0 Å². The minimum Gasteiger partial charge on any atom is -0.476 e. The van der Waals surface area contributed by atoms with E-state index in [2.05, 4.69) is 43.5 Å². The van der Waals surface area contributed by atoms with Crippen LogP contribution in [0.25, 0.3) is 0 Å². The fourth-order valence-corrected chi connectivity index (χ4v) is 2.07. The molecule has 2 rings (SSSR count). The summed E-state index contributed by atoms with van der Waals surface area (Å²) >= 11 is 2.16. The van der Waals surface area contributed by atoms with Gasteiger partial charge in [-0.15, -0.1) is 5.10 Å². The smallest absolute Gasteiger partial charge is 0.358 e. The van der Waals surface area contributed by atoms with Crippen molar-refractivity contribution in [2.45, 2.75) is 6.54 Å². The minimum absolute atomic E-state index is 0.127. The lowest BCUT2D eigenvalue weighted by atomic mass is 10.3. The predicted octanol–water partition coefficient (Wildman–Crippen LogP) is 1.40. The molecule has 0 bridgehead atoms. The van der Waals surface area contributed by atoms with E-state index in [4.69, 9.17) is 5.11 Å². The number of carbonyl (C=O) groups excluding carboxylic acids is 1. The highest BCUT2D eigenvalue weighted by molar-refractivity contribution is 14.1. The third-order valence-corrected chi connectivity index (χ3v) is 3.14. The summed E-state index contributed by atoms with van der Waals surface area (Å²) in [6.45, 7) is 0.637. The van der Waals surface area contributed by atoms with Crippen LogP contribution >= 0.6 is 22.6 Å². The van der Waals surface area contributed by atoms with Gasteiger partial charge >= 0.3 is 12.0 Å². The van der Waals surface area contributed by atoms with Crippen LogP contribution in [0.2, 0.25) is 0 Å². The van der Waals surface area contributed by atoms with Gasteiger partial charge in [0.25, 0.3) is 0 Å². The second-order valence-corrected chi connectivity index (χ2v) is 5.31. The Morgan fingerprint density at radius 2 is 2.19 bits per heavy atom. The molecule has 1 aromatic carbocycles. The zero-order valence-electron chi connectivity index (χ0n) is 10.8. The average Bonchev–Trinajstić information content (AvgIpc) is 2.87. The van der Waals surface area contributed by atoms with E-state index < -0.39 is 5.97 Å². The summed E-state index contributed by atoms with van der Waals surface area (Å²) in [5.74, 6) is -1.13. The first-order valence-electron chi connectivity index (χ1n) is 5.98. The molecule has 0 unspecified atom stereocenters. The van der Waals surface area contributed by atoms with Gasteiger partial charge < -0.3 is 15.7 Å². The molecule has 0 aliphatic rings. The van der Waals surface area contributed by atoms with Crippen LogP contribution in [0.5, 0.6) is 0 Å². The summed E-state index contributed by atoms with van der Waals surface area (Å²) in [7, 11) is 0. The van der Waals surface area contributed by atoms with E-state index in [0.29, 0.717) is 18.8 Å². The van der Waals surface area contributed by atoms with Crippen LogP contribution in [0.3, 0.4) is 0 Å². The van der Waals surface area contributed by atoms with Crippen molar-refractivity contribution in [3.8, 4) is 0 Å². The number of amides is 2. The number of carbonyl (C=O) groups is 2. The van der Waals surface area contributed by atoms with Crippen LogP contribution in [-0.2, 0) is 6.54 Å². The molecule has 0 fully saturated rings. The second kappa shape index (κ2) is 7.02. The highest BCUT2D eigenvalue weighted by Gasteiger charge is 2.08. The summed E-state index contributed by atoms with van der Waals surface area (Å²) in [5, 5.41) is 21.2. The molecule has 0 atom stereocenters. The van der Waals surface area contributed by atoms with Crippen LogP contribution < -0.4 is 10.6 Å². The van der Waals surface area contributed by atoms with Gasteiger partial charge in [-0.2, -0.15) is 0 Å². The molecule has 0 aliphatic carbocycles. The van der Waals surface area contributed by atoms with E-state index in [-0.39, 0.29) is 11.7 Å². The molecule has 0 saturated heterocycles. The van der Waals surface area contributed by atoms with Crippen LogP contribution in [0, 0.1) is 3.57 Å². The van der Waals surface area contributed by atoms with Gasteiger partial charge in [0, 0.05) is 15.8 Å². The fourth-order valence-electron chi connectivity index (χ4n) is 1.53. The molecule has 0 saturated carbocycles. The lowest BCUT2D eigenvalue weighted by molar-refractivity contribution is 0.0690. The number of hydrogen-bond acceptors (Lipinski definition) is 4. The molecule has 9 heteroatoms. The first-order valence-corrected chi connectivity index (χ1v) is 7.06. The number of hydrogen-bond donors (Lipinski definition) is 3. The highest BCUT2D eigenvalue weighted by atomic mass is 127. The van der Waals surface area contributed by atoms with Crippen LogP contribution in [-0.4, -0.2) is 38.6 Å². The first-order chi connectivity index (χ1) is 10.0. The third-order valence-electron chi connectivity index (χ3n) is 2.47. The van der Waals surface area contributed by atoms with E-state index >= 15 is 0 Å². The van der Waals surface area contributed by atoms with Gasteiger partial charge in [-0.25, -0.2) is 14.3 Å². The van der Waals surface area contributed by atoms with Crippen molar-refractivity contribution in [3.63, 3.8) is 0 Å². The van der Waals surface area contributed by atoms with Crippen molar-refractivity contribution in [2.75, 3.05) is 11.9 Å². The topological polar surface area (TPSA) is 109 Å². The molecule has 2 amide bonds. The van der Waals surface area contributed by atoms with E-state index in [1.54, 1.807) is 6.07 Å². The number of aromatic carboxylic acids is 1. The molecule has 2 aromatic rings. The standard InChI is InChI=1S/C12H12IN5O3/c13-8-2-1-3-9(6-8)15-12(21)14-4-5-18-7-10(11(19)20)16-17-18/h1-3,6-7H,4-5H2,(H,19,20)(H2,14,15,21). The summed E-state index contributed by atoms with van der Waals surface area (Å²) < 4.78 is 2.38. The maximum atomic E-state index is 11.7. The average molecular weight is 401 g/mol. The number of nitrogens with one attached hydrogen (secondary N) is 2. The van der Waals surface area contributed by atoms with Gasteiger partial charge in [-0.1, -0.05) is 11.3 Å². The normalized spacial score (nSPS) is 10.1. The number of rotatable bonds is 5. The molecule has 0 aliphatic heterocycles. The Bertz CT molecular complexity index is 658. The van der Waals surface area contributed by atoms with Crippen molar-refractivity contribution in [1.82, 2.24) is 20.3 Å². The Morgan fingerprint density at radius 3 is 2.86 bits per heavy atom. The Labute approximate surface area is 133 Å². The van der Waals surface area contributed by atoms with E-state index in [9.17, 15) is 9.59 Å². The number of urea groups is 1. The quantitative estimate of drug-likeness (QED) is 0.657. The first kappa shape index (κ1) is 15.2. The van der Waals surface area contributed by atoms with Crippen molar-refractivity contribution in [2.24, 2.45) is 0 Å². The SMILES string of the molecule is O=C(NCCn1cc(C(=O)O)nn1)Nc1cccc(I)c1. The molecule has 110 valence electrons. The second-order valence-electron chi connectivity index (χ2n) is 4.06. The maximum Gasteiger partial charge on any atom is 0.358 e. The number of benzene rings is 1. The third kappa shape index (κ3) is 4.70. The van der Waals surface area contributed by atoms with Gasteiger partial charge in [0.1, 0.15) is 0 Å². The van der Waals surface area contributed by atoms with E-state index in [1.807, 2.05) is 18.2 Å². The molecule has 8 nitrogen and oxygen atoms in total. The number of halogens is 1. The number of anilines is 1. The Balaban J connectivity index is 1.77. The fraction of sp³-hybridized carbons (Fsp3) is 0.167. The Hall–Kier alpha value is -2.17. The van der Waals surface area contributed by atoms with E-state index in [0.717, 1.165) is 3.57 Å². The summed E-state index contributed by atoms with van der Waals surface area (Å²) in [4.78, 5) is 22.3. The molecule has 0 spiro atoms. The summed E-state index contributed by atoms with van der Waals surface area (Å²) in [5.41, 5.74) is 0.576. The monoisotopic (exact) mass is 401 g/mol. The van der Waals surface area contributed by atoms with Gasteiger partial charge in [0.15, 0.2) is 5.69 Å². The molecular formula is C12H12IN5O3. The maximum absolute atomic E-state index is 11.7. The predicted molar refractivity (Wildman–Crippen MR) is 83.2 cm³/mol. The number of carboxylic acids is 1. The van der Waals surface area contributed by atoms with Crippen LogP contribution in [0.15, 0.2) is 30.5 Å². The minimum atomic E-state index is -1.13. The molecule has 21 heavy (non-hydrogen) atoms. The van der Waals surface area contributed by atoms with Gasteiger partial charge in [0.2, 0.25) is 0 Å². The molecule has 0 radical (unpaired) electrons. The largest absolute Gasteiger partial charge is 0.476 e. The van der Waals surface area contributed by atoms with Crippen molar-refractivity contribution < 1.29 is 14.7 Å². The summed E-state index contributed by atoms with van der Waals surface area (Å²) in [6, 6.07) is 7.07. The Morgan fingerprint density at radius 1 is 1.38 bits per heavy atom. The van der Waals surface area contributed by atoms with Gasteiger partial charge in [0.05, 0.1) is 12.7 Å². The zero-order chi connectivity index (χ0) is 15.2. The number of aromatic nitrogens is 3. The van der Waals surface area contributed by atoms with Crippen molar-refractivity contribution in [3.05, 3.63) is 39.7 Å². The van der Waals surface area contributed by atoms with E-state index in [1.165, 1.54) is 10.9 Å². The van der Waals surface area contributed by atoms with Crippen molar-refractivity contribution in [1.29, 1.82) is 0 Å². The summed E-state index contributed by atoms with van der Waals surface area (Å²) in [6.07, 6.45) is 1.31. The van der Waals surface area contributed by atoms with Crippen LogP contribution in [0.1, 0.15) is 10.5 Å².